The molecule has 30 heavy (non-hydrogen) atoms. The lowest BCUT2D eigenvalue weighted by Gasteiger charge is -2.29. The molecule has 1 saturated heterocycles. The van der Waals surface area contributed by atoms with Crippen LogP contribution in [0.4, 0.5) is 4.39 Å². The summed E-state index contributed by atoms with van der Waals surface area (Å²) in [5.74, 6) is -0.514. The van der Waals surface area contributed by atoms with Crippen LogP contribution in [0.15, 0.2) is 59.5 Å². The molecule has 8 heteroatoms. The van der Waals surface area contributed by atoms with Gasteiger partial charge in [-0.3, -0.25) is 9.69 Å². The number of nitrogens with zero attached hydrogens (tertiary/aromatic N) is 2. The number of rotatable bonds is 7. The Bertz CT molecular complexity index is 936. The minimum Gasteiger partial charge on any atom is -0.351 e. The fraction of sp³-hybridized carbons (Fsp3) is 0.409. The lowest BCUT2D eigenvalue weighted by molar-refractivity contribution is -0.126. The van der Waals surface area contributed by atoms with Gasteiger partial charge in [0, 0.05) is 32.7 Å². The van der Waals surface area contributed by atoms with Gasteiger partial charge in [-0.05, 0) is 42.7 Å². The third kappa shape index (κ3) is 5.44. The van der Waals surface area contributed by atoms with Crippen LogP contribution in [0.3, 0.4) is 0 Å². The first-order valence-corrected chi connectivity index (χ1v) is 11.7. The highest BCUT2D eigenvalue weighted by molar-refractivity contribution is 7.89. The van der Waals surface area contributed by atoms with Crippen LogP contribution in [0.5, 0.6) is 0 Å². The van der Waals surface area contributed by atoms with Crippen molar-refractivity contribution in [3.05, 3.63) is 66.0 Å². The maximum atomic E-state index is 13.2. The van der Waals surface area contributed by atoms with E-state index in [1.165, 1.54) is 16.4 Å². The molecule has 1 aliphatic heterocycles. The summed E-state index contributed by atoms with van der Waals surface area (Å²) in [7, 11) is -3.69. The molecule has 2 aromatic carbocycles. The predicted octanol–water partition coefficient (Wildman–Crippen LogP) is 2.62. The first kappa shape index (κ1) is 22.4. The minimum absolute atomic E-state index is 0.0452. The van der Waals surface area contributed by atoms with Gasteiger partial charge in [0.2, 0.25) is 15.9 Å². The van der Waals surface area contributed by atoms with E-state index >= 15 is 0 Å². The second kappa shape index (κ2) is 10.1. The van der Waals surface area contributed by atoms with E-state index in [1.54, 1.807) is 0 Å². The number of hydrogen-bond acceptors (Lipinski definition) is 4. The number of carbonyl (C=O) groups excluding carboxylic acids is 1. The lowest BCUT2D eigenvalue weighted by atomic mass is 10.1. The molecular formula is C22H28FN3O3S. The molecule has 1 atom stereocenters. The second-order valence-corrected chi connectivity index (χ2v) is 9.31. The number of amides is 1. The maximum absolute atomic E-state index is 13.2. The van der Waals surface area contributed by atoms with E-state index in [1.807, 2.05) is 37.3 Å². The summed E-state index contributed by atoms with van der Waals surface area (Å²) in [5.41, 5.74) is 1.04. The van der Waals surface area contributed by atoms with E-state index in [4.69, 9.17) is 0 Å². The molecule has 2 aromatic rings. The van der Waals surface area contributed by atoms with Gasteiger partial charge in [-0.15, -0.1) is 0 Å². The normalized spacial score (nSPS) is 17.3. The summed E-state index contributed by atoms with van der Waals surface area (Å²) in [4.78, 5) is 14.9. The predicted molar refractivity (Wildman–Crippen MR) is 114 cm³/mol. The smallest absolute Gasteiger partial charge is 0.243 e. The zero-order chi connectivity index (χ0) is 21.6. The minimum atomic E-state index is -3.69. The van der Waals surface area contributed by atoms with E-state index in [0.717, 1.165) is 17.7 Å². The largest absolute Gasteiger partial charge is 0.351 e. The number of halogens is 1. The Labute approximate surface area is 177 Å². The highest BCUT2D eigenvalue weighted by Crippen LogP contribution is 2.19. The summed E-state index contributed by atoms with van der Waals surface area (Å²) < 4.78 is 40.4. The molecule has 1 heterocycles. The third-order valence-electron chi connectivity index (χ3n) is 5.38. The van der Waals surface area contributed by atoms with Crippen LogP contribution >= 0.6 is 0 Å². The van der Waals surface area contributed by atoms with Crippen LogP contribution in [0, 0.1) is 5.82 Å². The van der Waals surface area contributed by atoms with Crippen molar-refractivity contribution in [3.8, 4) is 0 Å². The Morgan fingerprint density at radius 3 is 2.40 bits per heavy atom. The SMILES string of the molecule is CC[C@H](C(=O)NCc1ccccc1)N1CCCN(S(=O)(=O)c2ccc(F)cc2)CC1. The fourth-order valence-electron chi connectivity index (χ4n) is 3.73. The molecule has 0 spiro atoms. The highest BCUT2D eigenvalue weighted by Gasteiger charge is 2.31. The van der Waals surface area contributed by atoms with Gasteiger partial charge in [0.15, 0.2) is 0 Å². The third-order valence-corrected chi connectivity index (χ3v) is 7.29. The van der Waals surface area contributed by atoms with Crippen molar-refractivity contribution in [2.24, 2.45) is 0 Å². The van der Waals surface area contributed by atoms with Gasteiger partial charge in [-0.2, -0.15) is 4.31 Å². The zero-order valence-corrected chi connectivity index (χ0v) is 17.9. The van der Waals surface area contributed by atoms with Crippen molar-refractivity contribution in [1.82, 2.24) is 14.5 Å². The summed E-state index contributed by atoms with van der Waals surface area (Å²) in [5, 5.41) is 2.99. The average molecular weight is 434 g/mol. The van der Waals surface area contributed by atoms with Gasteiger partial charge in [0.1, 0.15) is 5.82 Å². The van der Waals surface area contributed by atoms with Crippen molar-refractivity contribution in [3.63, 3.8) is 0 Å². The monoisotopic (exact) mass is 433 g/mol. The molecule has 0 unspecified atom stereocenters. The Morgan fingerprint density at radius 2 is 1.73 bits per heavy atom. The fourth-order valence-corrected chi connectivity index (χ4v) is 5.20. The van der Waals surface area contributed by atoms with E-state index < -0.39 is 15.8 Å². The highest BCUT2D eigenvalue weighted by atomic mass is 32.2. The van der Waals surface area contributed by atoms with Crippen LogP contribution in [0.2, 0.25) is 0 Å². The molecule has 3 rings (SSSR count). The van der Waals surface area contributed by atoms with Gasteiger partial charge in [-0.25, -0.2) is 12.8 Å². The van der Waals surface area contributed by atoms with Gasteiger partial charge in [0.25, 0.3) is 0 Å². The quantitative estimate of drug-likeness (QED) is 0.729. The van der Waals surface area contributed by atoms with Crippen LogP contribution in [0.1, 0.15) is 25.3 Å². The summed E-state index contributed by atoms with van der Waals surface area (Å²) in [6, 6.07) is 14.3. The molecule has 0 aromatic heterocycles. The van der Waals surface area contributed by atoms with Gasteiger partial charge < -0.3 is 5.32 Å². The van der Waals surface area contributed by atoms with Gasteiger partial charge in [0.05, 0.1) is 10.9 Å². The van der Waals surface area contributed by atoms with E-state index in [9.17, 15) is 17.6 Å². The van der Waals surface area contributed by atoms with E-state index in [-0.39, 0.29) is 16.8 Å². The molecule has 0 radical (unpaired) electrons. The Kier molecular flexibility index (Phi) is 7.58. The molecule has 6 nitrogen and oxygen atoms in total. The van der Waals surface area contributed by atoms with Crippen molar-refractivity contribution in [2.75, 3.05) is 26.2 Å². The standard InChI is InChI=1S/C22H28FN3O3S/c1-2-21(22(27)24-17-18-7-4-3-5-8-18)25-13-6-14-26(16-15-25)30(28,29)20-11-9-19(23)10-12-20/h3-5,7-12,21H,2,6,13-17H2,1H3,(H,24,27)/t21-/m1/s1. The van der Waals surface area contributed by atoms with Crippen molar-refractivity contribution in [2.45, 2.75) is 37.2 Å². The number of benzene rings is 2. The average Bonchev–Trinajstić information content (AvgIpc) is 3.01. The zero-order valence-electron chi connectivity index (χ0n) is 17.1. The number of hydrogen-bond donors (Lipinski definition) is 1. The maximum Gasteiger partial charge on any atom is 0.243 e. The van der Waals surface area contributed by atoms with Crippen LogP contribution < -0.4 is 5.32 Å². The topological polar surface area (TPSA) is 69.7 Å². The van der Waals surface area contributed by atoms with E-state index in [0.29, 0.717) is 45.6 Å². The van der Waals surface area contributed by atoms with Crippen LogP contribution in [-0.2, 0) is 21.4 Å². The van der Waals surface area contributed by atoms with E-state index in [2.05, 4.69) is 10.2 Å². The Morgan fingerprint density at radius 1 is 1.03 bits per heavy atom. The lowest BCUT2D eigenvalue weighted by Crippen LogP contribution is -2.48. The molecule has 1 amide bonds. The molecule has 0 aliphatic carbocycles. The molecular weight excluding hydrogens is 405 g/mol. The Hall–Kier alpha value is -2.29. The second-order valence-electron chi connectivity index (χ2n) is 7.37. The number of nitrogens with one attached hydrogen (secondary N) is 1. The Balaban J connectivity index is 1.62. The van der Waals surface area contributed by atoms with Crippen molar-refractivity contribution >= 4 is 15.9 Å². The molecule has 1 fully saturated rings. The molecule has 0 saturated carbocycles. The number of carbonyl (C=O) groups is 1. The van der Waals surface area contributed by atoms with Crippen LogP contribution in [-0.4, -0.2) is 55.8 Å². The molecule has 162 valence electrons. The summed E-state index contributed by atoms with van der Waals surface area (Å²) in [6.45, 7) is 4.21. The van der Waals surface area contributed by atoms with Crippen LogP contribution in [0.25, 0.3) is 0 Å². The van der Waals surface area contributed by atoms with Gasteiger partial charge in [-0.1, -0.05) is 37.3 Å². The summed E-state index contributed by atoms with van der Waals surface area (Å²) >= 11 is 0. The molecule has 0 bridgehead atoms. The van der Waals surface area contributed by atoms with Crippen molar-refractivity contribution < 1.29 is 17.6 Å². The first-order valence-electron chi connectivity index (χ1n) is 10.2. The summed E-state index contributed by atoms with van der Waals surface area (Å²) in [6.07, 6.45) is 1.27. The van der Waals surface area contributed by atoms with Gasteiger partial charge >= 0.3 is 0 Å². The molecule has 1 aliphatic rings. The molecule has 1 N–H and O–H groups in total. The van der Waals surface area contributed by atoms with Crippen molar-refractivity contribution in [1.29, 1.82) is 0 Å². The first-order chi connectivity index (χ1) is 14.4. The number of sulfonamides is 1.